The van der Waals surface area contributed by atoms with Crippen LogP contribution in [-0.4, -0.2) is 36.1 Å². The summed E-state index contributed by atoms with van der Waals surface area (Å²) in [6, 6.07) is 2.92. The average molecular weight is 313 g/mol. The summed E-state index contributed by atoms with van der Waals surface area (Å²) < 4.78 is 27.7. The van der Waals surface area contributed by atoms with Crippen LogP contribution in [0.25, 0.3) is 0 Å². The lowest BCUT2D eigenvalue weighted by molar-refractivity contribution is 0.254. The summed E-state index contributed by atoms with van der Waals surface area (Å²) in [5.41, 5.74) is 5.47. The molecule has 1 aliphatic carbocycles. The molecule has 1 saturated carbocycles. The molecule has 0 radical (unpaired) electrons. The van der Waals surface area contributed by atoms with Gasteiger partial charge in [0.05, 0.1) is 0 Å². The van der Waals surface area contributed by atoms with Gasteiger partial charge in [-0.2, -0.15) is 0 Å². The topological polar surface area (TPSA) is 41.3 Å². The molecule has 0 bridgehead atoms. The summed E-state index contributed by atoms with van der Waals surface area (Å²) >= 11 is 4.72. The van der Waals surface area contributed by atoms with Crippen LogP contribution in [0.15, 0.2) is 12.1 Å². The minimum Gasteiger partial charge on any atom is -0.389 e. The molecular weight excluding hydrogens is 292 g/mol. The Labute approximate surface area is 129 Å². The van der Waals surface area contributed by atoms with Gasteiger partial charge in [0.1, 0.15) is 22.3 Å². The van der Waals surface area contributed by atoms with Gasteiger partial charge in [-0.3, -0.25) is 0 Å². The molecule has 0 atom stereocenters. The first-order chi connectivity index (χ1) is 9.99. The van der Waals surface area contributed by atoms with E-state index in [1.165, 1.54) is 25.7 Å². The lowest BCUT2D eigenvalue weighted by Crippen LogP contribution is -2.33. The van der Waals surface area contributed by atoms with Crippen LogP contribution < -0.4 is 11.1 Å². The summed E-state index contributed by atoms with van der Waals surface area (Å²) in [6.07, 6.45) is 4.96. The number of likely N-dealkylation sites (N-methyl/N-ethyl adjacent to an activating group) is 1. The Morgan fingerprint density at radius 3 is 2.43 bits per heavy atom. The number of halogens is 2. The quantitative estimate of drug-likeness (QED) is 0.793. The molecule has 0 aliphatic heterocycles. The van der Waals surface area contributed by atoms with E-state index in [2.05, 4.69) is 17.3 Å². The van der Waals surface area contributed by atoms with E-state index < -0.39 is 11.6 Å². The van der Waals surface area contributed by atoms with Gasteiger partial charge in [-0.05, 0) is 32.0 Å². The van der Waals surface area contributed by atoms with Crippen LogP contribution in [0.4, 0.5) is 14.5 Å². The fraction of sp³-hybridized carbons (Fsp3) is 0.533. The van der Waals surface area contributed by atoms with Crippen molar-refractivity contribution in [2.75, 3.05) is 25.5 Å². The van der Waals surface area contributed by atoms with E-state index in [0.717, 1.165) is 18.7 Å². The molecule has 0 unspecified atom stereocenters. The fourth-order valence-corrected chi connectivity index (χ4v) is 2.89. The van der Waals surface area contributed by atoms with Crippen molar-refractivity contribution >= 4 is 22.9 Å². The maximum atomic E-state index is 13.9. The van der Waals surface area contributed by atoms with Gasteiger partial charge in [-0.1, -0.05) is 25.1 Å². The molecule has 0 amide bonds. The van der Waals surface area contributed by atoms with Crippen LogP contribution in [0.2, 0.25) is 0 Å². The molecule has 1 aromatic rings. The van der Waals surface area contributed by atoms with Crippen LogP contribution in [0, 0.1) is 11.6 Å². The molecule has 3 nitrogen and oxygen atoms in total. The number of thiocarbonyl (C=S) groups is 1. The van der Waals surface area contributed by atoms with E-state index >= 15 is 0 Å². The summed E-state index contributed by atoms with van der Waals surface area (Å²) in [6.45, 7) is 1.24. The van der Waals surface area contributed by atoms with E-state index in [4.69, 9.17) is 18.0 Å². The van der Waals surface area contributed by atoms with Crippen LogP contribution >= 0.6 is 12.2 Å². The normalized spacial score (nSPS) is 15.6. The zero-order chi connectivity index (χ0) is 15.4. The third kappa shape index (κ3) is 4.11. The SMILES string of the molecule is CN(CCNc1c(F)cc(C(N)=S)cc1F)C1CCCC1. The Morgan fingerprint density at radius 1 is 1.33 bits per heavy atom. The van der Waals surface area contributed by atoms with Gasteiger partial charge in [-0.25, -0.2) is 8.78 Å². The molecule has 3 N–H and O–H groups in total. The summed E-state index contributed by atoms with van der Waals surface area (Å²) in [4.78, 5) is 2.24. The molecule has 1 aliphatic rings. The van der Waals surface area contributed by atoms with Gasteiger partial charge < -0.3 is 16.0 Å². The lowest BCUT2D eigenvalue weighted by atomic mass is 10.2. The highest BCUT2D eigenvalue weighted by atomic mass is 32.1. The Balaban J connectivity index is 1.92. The number of nitrogens with two attached hydrogens (primary N) is 1. The molecule has 6 heteroatoms. The highest BCUT2D eigenvalue weighted by Crippen LogP contribution is 2.23. The van der Waals surface area contributed by atoms with Gasteiger partial charge in [0, 0.05) is 24.7 Å². The van der Waals surface area contributed by atoms with Crippen LogP contribution in [0.3, 0.4) is 0 Å². The van der Waals surface area contributed by atoms with Crippen LogP contribution in [0.1, 0.15) is 31.2 Å². The first-order valence-corrected chi connectivity index (χ1v) is 7.63. The van der Waals surface area contributed by atoms with Crippen molar-refractivity contribution in [2.24, 2.45) is 5.73 Å². The molecule has 0 aromatic heterocycles. The first kappa shape index (κ1) is 16.1. The van der Waals surface area contributed by atoms with Crippen molar-refractivity contribution in [1.29, 1.82) is 0 Å². The van der Waals surface area contributed by atoms with Crippen molar-refractivity contribution in [3.05, 3.63) is 29.3 Å². The molecule has 0 spiro atoms. The van der Waals surface area contributed by atoms with Crippen molar-refractivity contribution in [2.45, 2.75) is 31.7 Å². The molecule has 116 valence electrons. The van der Waals surface area contributed by atoms with E-state index in [0.29, 0.717) is 12.6 Å². The zero-order valence-electron chi connectivity index (χ0n) is 12.2. The summed E-state index contributed by atoms with van der Waals surface area (Å²) in [7, 11) is 2.06. The number of hydrogen-bond donors (Lipinski definition) is 2. The van der Waals surface area contributed by atoms with E-state index in [1.807, 2.05) is 0 Å². The predicted molar refractivity (Wildman–Crippen MR) is 85.6 cm³/mol. The zero-order valence-corrected chi connectivity index (χ0v) is 13.0. The van der Waals surface area contributed by atoms with Gasteiger partial charge in [0.15, 0.2) is 0 Å². The van der Waals surface area contributed by atoms with Crippen LogP contribution in [0.5, 0.6) is 0 Å². The fourth-order valence-electron chi connectivity index (χ4n) is 2.77. The minimum atomic E-state index is -0.665. The number of anilines is 1. The molecule has 1 fully saturated rings. The Morgan fingerprint density at radius 2 is 1.90 bits per heavy atom. The highest BCUT2D eigenvalue weighted by Gasteiger charge is 2.19. The van der Waals surface area contributed by atoms with Gasteiger partial charge in [-0.15, -0.1) is 0 Å². The molecule has 0 heterocycles. The number of rotatable bonds is 6. The Kier molecular flexibility index (Phi) is 5.47. The molecule has 21 heavy (non-hydrogen) atoms. The van der Waals surface area contributed by atoms with Crippen LogP contribution in [-0.2, 0) is 0 Å². The number of nitrogens with one attached hydrogen (secondary N) is 1. The second-order valence-electron chi connectivity index (χ2n) is 5.52. The lowest BCUT2D eigenvalue weighted by Gasteiger charge is -2.24. The van der Waals surface area contributed by atoms with Crippen molar-refractivity contribution < 1.29 is 8.78 Å². The molecule has 1 aromatic carbocycles. The molecule has 0 saturated heterocycles. The summed E-state index contributed by atoms with van der Waals surface area (Å²) in [5.74, 6) is -1.33. The second-order valence-corrected chi connectivity index (χ2v) is 5.96. The minimum absolute atomic E-state index is 0.0136. The monoisotopic (exact) mass is 313 g/mol. The van der Waals surface area contributed by atoms with Gasteiger partial charge >= 0.3 is 0 Å². The predicted octanol–water partition coefficient (Wildman–Crippen LogP) is 2.89. The first-order valence-electron chi connectivity index (χ1n) is 7.22. The van der Waals surface area contributed by atoms with E-state index in [1.54, 1.807) is 0 Å². The number of hydrogen-bond acceptors (Lipinski definition) is 3. The third-order valence-electron chi connectivity index (χ3n) is 4.04. The number of benzene rings is 1. The second kappa shape index (κ2) is 7.13. The highest BCUT2D eigenvalue weighted by molar-refractivity contribution is 7.80. The largest absolute Gasteiger partial charge is 0.389 e. The Bertz CT molecular complexity index is 493. The third-order valence-corrected chi connectivity index (χ3v) is 4.28. The Hall–Kier alpha value is -1.27. The maximum Gasteiger partial charge on any atom is 0.150 e. The smallest absolute Gasteiger partial charge is 0.150 e. The number of nitrogens with zero attached hydrogens (tertiary/aromatic N) is 1. The molecular formula is C15H21F2N3S. The van der Waals surface area contributed by atoms with Crippen molar-refractivity contribution in [3.8, 4) is 0 Å². The van der Waals surface area contributed by atoms with Gasteiger partial charge in [0.2, 0.25) is 0 Å². The van der Waals surface area contributed by atoms with Crippen molar-refractivity contribution in [1.82, 2.24) is 4.90 Å². The average Bonchev–Trinajstić information content (AvgIpc) is 2.95. The maximum absolute atomic E-state index is 13.9. The standard InChI is InChI=1S/C15H21F2N3S/c1-20(11-4-2-3-5-11)7-6-19-14-12(16)8-10(15(18)21)9-13(14)17/h8-9,11,19H,2-7H2,1H3,(H2,18,21). The van der Waals surface area contributed by atoms with E-state index in [9.17, 15) is 8.78 Å². The van der Waals surface area contributed by atoms with Gasteiger partial charge in [0.25, 0.3) is 0 Å². The summed E-state index contributed by atoms with van der Waals surface area (Å²) in [5, 5.41) is 2.83. The van der Waals surface area contributed by atoms with Crippen molar-refractivity contribution in [3.63, 3.8) is 0 Å². The van der Waals surface area contributed by atoms with E-state index in [-0.39, 0.29) is 16.2 Å². The molecule has 2 rings (SSSR count).